The van der Waals surface area contributed by atoms with Gasteiger partial charge in [-0.05, 0) is 47.4 Å². The number of carbonyl (C=O) groups is 3. The van der Waals surface area contributed by atoms with Gasteiger partial charge in [0.2, 0.25) is 5.91 Å². The van der Waals surface area contributed by atoms with E-state index in [1.165, 1.54) is 16.0 Å². The van der Waals surface area contributed by atoms with Crippen molar-refractivity contribution in [2.45, 2.75) is 50.6 Å². The van der Waals surface area contributed by atoms with Crippen molar-refractivity contribution in [1.82, 2.24) is 10.2 Å². The second kappa shape index (κ2) is 9.12. The summed E-state index contributed by atoms with van der Waals surface area (Å²) in [7, 11) is 0. The quantitative estimate of drug-likeness (QED) is 0.700. The number of hydrogen-bond donors (Lipinski definition) is 2. The number of carboxylic acid groups (broad SMARTS) is 1. The molecule has 1 saturated carbocycles. The van der Waals surface area contributed by atoms with Crippen molar-refractivity contribution in [1.29, 1.82) is 0 Å². The van der Waals surface area contributed by atoms with E-state index in [1.807, 2.05) is 31.2 Å². The van der Waals surface area contributed by atoms with Crippen LogP contribution in [0.1, 0.15) is 49.7 Å². The number of alkyl carbamates (subject to hydrolysis) is 1. The molecule has 0 bridgehead atoms. The Morgan fingerprint density at radius 1 is 1.00 bits per heavy atom. The molecule has 7 nitrogen and oxygen atoms in total. The van der Waals surface area contributed by atoms with E-state index in [0.717, 1.165) is 17.5 Å². The first kappa shape index (κ1) is 22.4. The van der Waals surface area contributed by atoms with E-state index in [9.17, 15) is 19.5 Å². The van der Waals surface area contributed by atoms with Gasteiger partial charge in [0, 0.05) is 18.5 Å². The monoisotopic (exact) mass is 462 g/mol. The molecule has 178 valence electrons. The van der Waals surface area contributed by atoms with Gasteiger partial charge in [-0.25, -0.2) is 9.59 Å². The van der Waals surface area contributed by atoms with Crippen molar-refractivity contribution in [2.24, 2.45) is 11.8 Å². The fourth-order valence-electron chi connectivity index (χ4n) is 6.00. The molecule has 0 spiro atoms. The summed E-state index contributed by atoms with van der Waals surface area (Å²) >= 11 is 0. The highest BCUT2D eigenvalue weighted by Crippen LogP contribution is 2.44. The lowest BCUT2D eigenvalue weighted by Crippen LogP contribution is -2.49. The Labute approximate surface area is 199 Å². The molecular weight excluding hydrogens is 432 g/mol. The van der Waals surface area contributed by atoms with E-state index in [0.29, 0.717) is 25.8 Å². The van der Waals surface area contributed by atoms with Crippen molar-refractivity contribution in [2.75, 3.05) is 13.2 Å². The first-order valence-electron chi connectivity index (χ1n) is 12.1. The molecule has 4 atom stereocenters. The molecular formula is C27H30N2O5. The van der Waals surface area contributed by atoms with Gasteiger partial charge in [-0.2, -0.15) is 0 Å². The van der Waals surface area contributed by atoms with Gasteiger partial charge in [0.25, 0.3) is 0 Å². The number of nitrogens with one attached hydrogen (secondary N) is 1. The van der Waals surface area contributed by atoms with Gasteiger partial charge in [0.05, 0.1) is 5.92 Å². The fourth-order valence-corrected chi connectivity index (χ4v) is 6.00. The van der Waals surface area contributed by atoms with Crippen LogP contribution in [0.25, 0.3) is 11.1 Å². The number of carboxylic acids is 1. The third kappa shape index (κ3) is 3.93. The highest BCUT2D eigenvalue weighted by atomic mass is 16.5. The van der Waals surface area contributed by atoms with Crippen molar-refractivity contribution < 1.29 is 24.2 Å². The Morgan fingerprint density at radius 3 is 2.29 bits per heavy atom. The second-order valence-corrected chi connectivity index (χ2v) is 9.69. The van der Waals surface area contributed by atoms with Crippen LogP contribution >= 0.6 is 0 Å². The third-order valence-electron chi connectivity index (χ3n) is 7.72. The zero-order chi connectivity index (χ0) is 23.8. The zero-order valence-corrected chi connectivity index (χ0v) is 19.3. The number of likely N-dealkylation sites (tertiary alicyclic amines) is 1. The number of carbonyl (C=O) groups excluding carboxylic acids is 2. The minimum Gasteiger partial charge on any atom is -0.480 e. The lowest BCUT2D eigenvalue weighted by atomic mass is 9.98. The molecule has 4 unspecified atom stereocenters. The Bertz CT molecular complexity index is 1070. The van der Waals surface area contributed by atoms with E-state index in [4.69, 9.17) is 4.74 Å². The van der Waals surface area contributed by atoms with Crippen LogP contribution in [0, 0.1) is 11.8 Å². The smallest absolute Gasteiger partial charge is 0.407 e. The lowest BCUT2D eigenvalue weighted by molar-refractivity contribution is -0.151. The SMILES string of the molecule is CC1CCN(C(=O)C2CCCC2NC(=O)OCC2c3ccccc3-c3ccccc32)C1C(=O)O. The third-order valence-corrected chi connectivity index (χ3v) is 7.72. The number of nitrogens with zero attached hydrogens (tertiary/aromatic N) is 1. The van der Waals surface area contributed by atoms with Crippen molar-refractivity contribution in [3.05, 3.63) is 59.7 Å². The molecule has 2 aromatic carbocycles. The molecule has 2 N–H and O–H groups in total. The maximum Gasteiger partial charge on any atom is 0.407 e. The average molecular weight is 463 g/mol. The van der Waals surface area contributed by atoms with Crippen LogP contribution in [0.15, 0.2) is 48.5 Å². The maximum atomic E-state index is 13.2. The summed E-state index contributed by atoms with van der Waals surface area (Å²) in [5, 5.41) is 12.5. The minimum absolute atomic E-state index is 0.0263. The Hall–Kier alpha value is -3.35. The number of benzene rings is 2. The predicted molar refractivity (Wildman–Crippen MR) is 126 cm³/mol. The Balaban J connectivity index is 1.23. The van der Waals surface area contributed by atoms with E-state index in [1.54, 1.807) is 0 Å². The molecule has 0 radical (unpaired) electrons. The summed E-state index contributed by atoms with van der Waals surface area (Å²) in [6.45, 7) is 2.54. The van der Waals surface area contributed by atoms with Gasteiger partial charge in [-0.3, -0.25) is 4.79 Å². The number of hydrogen-bond acceptors (Lipinski definition) is 4. The maximum absolute atomic E-state index is 13.2. The molecule has 34 heavy (non-hydrogen) atoms. The van der Waals surface area contributed by atoms with Crippen LogP contribution < -0.4 is 5.32 Å². The molecule has 3 aliphatic rings. The molecule has 7 heteroatoms. The molecule has 2 amide bonds. The molecule has 2 aromatic rings. The number of rotatable bonds is 5. The number of fused-ring (bicyclic) bond motifs is 3. The fraction of sp³-hybridized carbons (Fsp3) is 0.444. The van der Waals surface area contributed by atoms with E-state index < -0.39 is 24.0 Å². The highest BCUT2D eigenvalue weighted by Gasteiger charge is 2.45. The highest BCUT2D eigenvalue weighted by molar-refractivity contribution is 5.87. The number of ether oxygens (including phenoxy) is 1. The summed E-state index contributed by atoms with van der Waals surface area (Å²) in [5.41, 5.74) is 4.63. The second-order valence-electron chi connectivity index (χ2n) is 9.69. The van der Waals surface area contributed by atoms with Crippen molar-refractivity contribution >= 4 is 18.0 Å². The topological polar surface area (TPSA) is 95.9 Å². The summed E-state index contributed by atoms with van der Waals surface area (Å²) in [5.74, 6) is -1.64. The molecule has 1 saturated heterocycles. The van der Waals surface area contributed by atoms with E-state index >= 15 is 0 Å². The number of amides is 2. The van der Waals surface area contributed by atoms with Crippen LogP contribution in [0.4, 0.5) is 4.79 Å². The normalized spacial score (nSPS) is 25.6. The summed E-state index contributed by atoms with van der Waals surface area (Å²) in [6, 6.07) is 15.2. The van der Waals surface area contributed by atoms with Crippen molar-refractivity contribution in [3.8, 4) is 11.1 Å². The van der Waals surface area contributed by atoms with Gasteiger partial charge < -0.3 is 20.1 Å². The Kier molecular flexibility index (Phi) is 6.02. The number of aliphatic carboxylic acids is 1. The molecule has 1 heterocycles. The van der Waals surface area contributed by atoms with E-state index in [2.05, 4.69) is 29.6 Å². The van der Waals surface area contributed by atoms with Gasteiger partial charge in [-0.1, -0.05) is 61.9 Å². The minimum atomic E-state index is -0.961. The lowest BCUT2D eigenvalue weighted by Gasteiger charge is -2.29. The van der Waals surface area contributed by atoms with Crippen molar-refractivity contribution in [3.63, 3.8) is 0 Å². The van der Waals surface area contributed by atoms with Gasteiger partial charge in [0.1, 0.15) is 12.6 Å². The summed E-state index contributed by atoms with van der Waals surface area (Å²) < 4.78 is 5.66. The van der Waals surface area contributed by atoms with Gasteiger partial charge in [-0.15, -0.1) is 0 Å². The van der Waals surface area contributed by atoms with Crippen LogP contribution in [0.2, 0.25) is 0 Å². The van der Waals surface area contributed by atoms with Gasteiger partial charge >= 0.3 is 12.1 Å². The van der Waals surface area contributed by atoms with E-state index in [-0.39, 0.29) is 30.4 Å². The molecule has 5 rings (SSSR count). The van der Waals surface area contributed by atoms with Crippen LogP contribution in [0.5, 0.6) is 0 Å². The largest absolute Gasteiger partial charge is 0.480 e. The first-order chi connectivity index (χ1) is 16.5. The molecule has 2 fully saturated rings. The summed E-state index contributed by atoms with van der Waals surface area (Å²) in [4.78, 5) is 39.2. The van der Waals surface area contributed by atoms with Crippen LogP contribution in [-0.2, 0) is 14.3 Å². The predicted octanol–water partition coefficient (Wildman–Crippen LogP) is 4.02. The summed E-state index contributed by atoms with van der Waals surface area (Å²) in [6.07, 6.45) is 2.29. The molecule has 1 aliphatic heterocycles. The van der Waals surface area contributed by atoms with Gasteiger partial charge in [0.15, 0.2) is 0 Å². The zero-order valence-electron chi connectivity index (χ0n) is 19.3. The van der Waals surface area contributed by atoms with Crippen LogP contribution in [-0.4, -0.2) is 53.2 Å². The molecule has 0 aromatic heterocycles. The first-order valence-corrected chi connectivity index (χ1v) is 12.1. The van der Waals surface area contributed by atoms with Crippen LogP contribution in [0.3, 0.4) is 0 Å². The average Bonchev–Trinajstić information content (AvgIpc) is 3.53. The standard InChI is InChI=1S/C27H30N2O5/c1-16-13-14-29(24(16)26(31)32)25(30)21-11-6-12-23(21)28-27(33)34-15-22-19-9-4-2-7-17(19)18-8-3-5-10-20(18)22/h2-5,7-10,16,21-24H,6,11-15H2,1H3,(H,28,33)(H,31,32). The molecule has 2 aliphatic carbocycles. The Morgan fingerprint density at radius 2 is 1.65 bits per heavy atom.